The number of hydrogen-bond donors (Lipinski definition) is 1. The maximum absolute atomic E-state index is 5.51. The Bertz CT molecular complexity index is 453. The van der Waals surface area contributed by atoms with Gasteiger partial charge in [0.25, 0.3) is 0 Å². The summed E-state index contributed by atoms with van der Waals surface area (Å²) in [6, 6.07) is 9.90. The van der Waals surface area contributed by atoms with Crippen LogP contribution in [-0.2, 0) is 13.1 Å². The van der Waals surface area contributed by atoms with E-state index in [9.17, 15) is 0 Å². The zero-order valence-corrected chi connectivity index (χ0v) is 9.87. The van der Waals surface area contributed by atoms with Crippen LogP contribution in [0.4, 0.5) is 5.69 Å². The first-order valence-electron chi connectivity index (χ1n) is 5.55. The summed E-state index contributed by atoms with van der Waals surface area (Å²) >= 11 is 0. The van der Waals surface area contributed by atoms with E-state index in [1.54, 1.807) is 6.20 Å². The molecule has 4 nitrogen and oxygen atoms in total. The molecule has 4 heteroatoms. The van der Waals surface area contributed by atoms with Crippen molar-refractivity contribution >= 4 is 5.69 Å². The molecule has 0 fully saturated rings. The van der Waals surface area contributed by atoms with Crippen molar-refractivity contribution in [2.24, 2.45) is 5.73 Å². The number of hydrogen-bond acceptors (Lipinski definition) is 4. The summed E-state index contributed by atoms with van der Waals surface area (Å²) in [6.45, 7) is 1.24. The van der Waals surface area contributed by atoms with E-state index in [-0.39, 0.29) is 0 Å². The Morgan fingerprint density at radius 2 is 2.00 bits per heavy atom. The minimum absolute atomic E-state index is 0.476. The summed E-state index contributed by atoms with van der Waals surface area (Å²) in [7, 11) is 2.02. The van der Waals surface area contributed by atoms with Gasteiger partial charge in [0.05, 0.1) is 29.8 Å². The molecule has 88 valence electrons. The number of anilines is 1. The molecule has 0 aromatic carbocycles. The zero-order chi connectivity index (χ0) is 12.1. The van der Waals surface area contributed by atoms with Gasteiger partial charge in [0, 0.05) is 19.8 Å². The van der Waals surface area contributed by atoms with Gasteiger partial charge in [-0.15, -0.1) is 0 Å². The first kappa shape index (κ1) is 11.5. The van der Waals surface area contributed by atoms with Crippen LogP contribution < -0.4 is 10.6 Å². The van der Waals surface area contributed by atoms with Crippen molar-refractivity contribution in [3.05, 3.63) is 54.1 Å². The highest BCUT2D eigenvalue weighted by Crippen LogP contribution is 2.13. The van der Waals surface area contributed by atoms with Gasteiger partial charge in [-0.2, -0.15) is 0 Å². The quantitative estimate of drug-likeness (QED) is 0.863. The first-order chi connectivity index (χ1) is 8.29. The fourth-order valence-corrected chi connectivity index (χ4v) is 1.59. The van der Waals surface area contributed by atoms with Gasteiger partial charge in [0.15, 0.2) is 0 Å². The molecular formula is C13H16N4. The Balaban J connectivity index is 2.06. The predicted octanol–water partition coefficient (Wildman–Crippen LogP) is 1.57. The maximum atomic E-state index is 5.51. The van der Waals surface area contributed by atoms with Crippen molar-refractivity contribution in [3.63, 3.8) is 0 Å². The van der Waals surface area contributed by atoms with Gasteiger partial charge in [-0.1, -0.05) is 6.07 Å². The monoisotopic (exact) mass is 228 g/mol. The van der Waals surface area contributed by atoms with Crippen LogP contribution in [0.25, 0.3) is 0 Å². The number of pyridine rings is 2. The second kappa shape index (κ2) is 5.41. The lowest BCUT2D eigenvalue weighted by atomic mass is 10.3. The van der Waals surface area contributed by atoms with Gasteiger partial charge < -0.3 is 10.6 Å². The molecule has 0 spiro atoms. The third-order valence-electron chi connectivity index (χ3n) is 2.58. The van der Waals surface area contributed by atoms with E-state index >= 15 is 0 Å². The number of rotatable bonds is 4. The van der Waals surface area contributed by atoms with Crippen molar-refractivity contribution < 1.29 is 0 Å². The lowest BCUT2D eigenvalue weighted by molar-refractivity contribution is 0.876. The van der Waals surface area contributed by atoms with Crippen molar-refractivity contribution in [2.75, 3.05) is 11.9 Å². The standard InChI is InChI=1S/C13H16N4/c1-17(10-12-4-2-3-7-15-12)13-6-5-11(8-14)16-9-13/h2-7,9H,8,10,14H2,1H3. The third-order valence-corrected chi connectivity index (χ3v) is 2.58. The summed E-state index contributed by atoms with van der Waals surface area (Å²) < 4.78 is 0. The van der Waals surface area contributed by atoms with Crippen LogP contribution in [0.3, 0.4) is 0 Å². The second-order valence-corrected chi connectivity index (χ2v) is 3.89. The Hall–Kier alpha value is -1.94. The van der Waals surface area contributed by atoms with Crippen molar-refractivity contribution in [3.8, 4) is 0 Å². The number of nitrogens with zero attached hydrogens (tertiary/aromatic N) is 3. The molecule has 0 aliphatic heterocycles. The van der Waals surface area contributed by atoms with Gasteiger partial charge in [-0.3, -0.25) is 9.97 Å². The van der Waals surface area contributed by atoms with Crippen LogP contribution in [0, 0.1) is 0 Å². The molecule has 0 bridgehead atoms. The van der Waals surface area contributed by atoms with Crippen molar-refractivity contribution in [2.45, 2.75) is 13.1 Å². The van der Waals surface area contributed by atoms with E-state index in [2.05, 4.69) is 14.9 Å². The molecule has 17 heavy (non-hydrogen) atoms. The van der Waals surface area contributed by atoms with Crippen LogP contribution in [0.1, 0.15) is 11.4 Å². The first-order valence-corrected chi connectivity index (χ1v) is 5.55. The van der Waals surface area contributed by atoms with E-state index in [1.807, 2.05) is 43.6 Å². The normalized spacial score (nSPS) is 10.2. The number of nitrogens with two attached hydrogens (primary N) is 1. The van der Waals surface area contributed by atoms with Gasteiger partial charge in [0.2, 0.25) is 0 Å². The lowest BCUT2D eigenvalue weighted by Gasteiger charge is -2.18. The summed E-state index contributed by atoms with van der Waals surface area (Å²) in [5.74, 6) is 0. The molecule has 0 saturated heterocycles. The van der Waals surface area contributed by atoms with Crippen molar-refractivity contribution in [1.29, 1.82) is 0 Å². The second-order valence-electron chi connectivity index (χ2n) is 3.89. The molecule has 0 aliphatic rings. The van der Waals surface area contributed by atoms with Gasteiger partial charge in [-0.05, 0) is 24.3 Å². The lowest BCUT2D eigenvalue weighted by Crippen LogP contribution is -2.17. The fourth-order valence-electron chi connectivity index (χ4n) is 1.59. The van der Waals surface area contributed by atoms with Crippen LogP contribution in [-0.4, -0.2) is 17.0 Å². The molecule has 2 aromatic heterocycles. The molecule has 2 rings (SSSR count). The topological polar surface area (TPSA) is 55.0 Å². The fraction of sp³-hybridized carbons (Fsp3) is 0.231. The molecule has 0 saturated carbocycles. The Labute approximate surface area is 101 Å². The molecule has 0 radical (unpaired) electrons. The highest BCUT2D eigenvalue weighted by molar-refractivity contribution is 5.43. The Morgan fingerprint density at radius 3 is 2.59 bits per heavy atom. The summed E-state index contributed by atoms with van der Waals surface area (Å²) in [4.78, 5) is 10.7. The third kappa shape index (κ3) is 3.01. The molecule has 0 unspecified atom stereocenters. The van der Waals surface area contributed by atoms with E-state index in [0.29, 0.717) is 6.54 Å². The van der Waals surface area contributed by atoms with E-state index in [0.717, 1.165) is 23.6 Å². The van der Waals surface area contributed by atoms with E-state index in [4.69, 9.17) is 5.73 Å². The van der Waals surface area contributed by atoms with Crippen LogP contribution in [0.5, 0.6) is 0 Å². The van der Waals surface area contributed by atoms with Crippen molar-refractivity contribution in [1.82, 2.24) is 9.97 Å². The SMILES string of the molecule is CN(Cc1ccccn1)c1ccc(CN)nc1. The highest BCUT2D eigenvalue weighted by atomic mass is 15.1. The minimum atomic E-state index is 0.476. The summed E-state index contributed by atoms with van der Waals surface area (Å²) in [5.41, 5.74) is 8.52. The van der Waals surface area contributed by atoms with Crippen LogP contribution in [0.15, 0.2) is 42.7 Å². The summed E-state index contributed by atoms with van der Waals surface area (Å²) in [5, 5.41) is 0. The largest absolute Gasteiger partial charge is 0.367 e. The van der Waals surface area contributed by atoms with Gasteiger partial charge in [0.1, 0.15) is 0 Å². The average molecular weight is 228 g/mol. The Kier molecular flexibility index (Phi) is 3.67. The molecule has 2 aromatic rings. The molecule has 0 amide bonds. The minimum Gasteiger partial charge on any atom is -0.367 e. The maximum Gasteiger partial charge on any atom is 0.0599 e. The molecule has 2 heterocycles. The van der Waals surface area contributed by atoms with Crippen LogP contribution in [0.2, 0.25) is 0 Å². The smallest absolute Gasteiger partial charge is 0.0599 e. The molecule has 0 aliphatic carbocycles. The molecular weight excluding hydrogens is 212 g/mol. The van der Waals surface area contributed by atoms with E-state index < -0.39 is 0 Å². The van der Waals surface area contributed by atoms with Crippen LogP contribution >= 0.6 is 0 Å². The van der Waals surface area contributed by atoms with E-state index in [1.165, 1.54) is 0 Å². The van der Waals surface area contributed by atoms with Gasteiger partial charge in [-0.25, -0.2) is 0 Å². The highest BCUT2D eigenvalue weighted by Gasteiger charge is 2.03. The Morgan fingerprint density at radius 1 is 1.12 bits per heavy atom. The summed E-state index contributed by atoms with van der Waals surface area (Å²) in [6.07, 6.45) is 3.64. The molecule has 0 atom stereocenters. The number of aromatic nitrogens is 2. The molecule has 2 N–H and O–H groups in total. The van der Waals surface area contributed by atoms with Gasteiger partial charge >= 0.3 is 0 Å². The average Bonchev–Trinajstić information content (AvgIpc) is 2.40. The zero-order valence-electron chi connectivity index (χ0n) is 9.87. The predicted molar refractivity (Wildman–Crippen MR) is 68.5 cm³/mol.